The van der Waals surface area contributed by atoms with Gasteiger partial charge in [0.05, 0.1) is 6.04 Å². The third-order valence-electron chi connectivity index (χ3n) is 3.71. The number of hydrogen-bond acceptors (Lipinski definition) is 2. The molecule has 0 aromatic heterocycles. The van der Waals surface area contributed by atoms with Gasteiger partial charge < -0.3 is 11.1 Å². The highest BCUT2D eigenvalue weighted by Crippen LogP contribution is 2.22. The van der Waals surface area contributed by atoms with Gasteiger partial charge in [-0.15, -0.1) is 0 Å². The lowest BCUT2D eigenvalue weighted by Gasteiger charge is -2.20. The van der Waals surface area contributed by atoms with Crippen molar-refractivity contribution in [3.05, 3.63) is 71.3 Å². The van der Waals surface area contributed by atoms with Crippen molar-refractivity contribution >= 4 is 5.91 Å². The quantitative estimate of drug-likeness (QED) is 0.854. The Morgan fingerprint density at radius 3 is 2.48 bits per heavy atom. The Hall–Kier alpha value is -2.27. The monoisotopic (exact) mass is 318 g/mol. The summed E-state index contributed by atoms with van der Waals surface area (Å²) in [5.74, 6) is -1.57. The fourth-order valence-electron chi connectivity index (χ4n) is 2.45. The molecule has 2 aromatic rings. The zero-order chi connectivity index (χ0) is 16.8. The molecule has 23 heavy (non-hydrogen) atoms. The molecule has 0 aliphatic rings. The number of hydrogen-bond donors (Lipinski definition) is 2. The zero-order valence-corrected chi connectivity index (χ0v) is 12.9. The van der Waals surface area contributed by atoms with E-state index in [2.05, 4.69) is 5.32 Å². The van der Waals surface area contributed by atoms with Crippen molar-refractivity contribution in [1.82, 2.24) is 5.32 Å². The molecule has 0 saturated carbocycles. The zero-order valence-electron chi connectivity index (χ0n) is 12.9. The average molecular weight is 318 g/mol. The number of nitrogens with one attached hydrogen (secondary N) is 1. The first-order valence-corrected chi connectivity index (χ1v) is 7.56. The van der Waals surface area contributed by atoms with E-state index in [1.165, 1.54) is 12.1 Å². The minimum atomic E-state index is -0.662. The second-order valence-electron chi connectivity index (χ2n) is 5.42. The van der Waals surface area contributed by atoms with Gasteiger partial charge in [-0.3, -0.25) is 4.79 Å². The Kier molecular flexibility index (Phi) is 5.82. The number of halogens is 2. The molecule has 2 aromatic carbocycles. The molecule has 0 saturated heterocycles. The topological polar surface area (TPSA) is 55.1 Å². The van der Waals surface area contributed by atoms with E-state index in [-0.39, 0.29) is 17.9 Å². The van der Waals surface area contributed by atoms with Gasteiger partial charge in [0.2, 0.25) is 5.91 Å². The van der Waals surface area contributed by atoms with E-state index in [1.807, 2.05) is 37.3 Å². The molecular formula is C18H20F2N2O. The summed E-state index contributed by atoms with van der Waals surface area (Å²) in [6.45, 7) is 1.82. The molecule has 3 N–H and O–H groups in total. The summed E-state index contributed by atoms with van der Waals surface area (Å²) in [4.78, 5) is 12.2. The van der Waals surface area contributed by atoms with Crippen molar-refractivity contribution in [3.63, 3.8) is 0 Å². The first-order chi connectivity index (χ1) is 11.0. The normalized spacial score (nSPS) is 13.4. The maximum Gasteiger partial charge on any atom is 0.222 e. The first-order valence-electron chi connectivity index (χ1n) is 7.56. The molecular weight excluding hydrogens is 298 g/mol. The van der Waals surface area contributed by atoms with Crippen molar-refractivity contribution in [3.8, 4) is 0 Å². The molecule has 0 spiro atoms. The smallest absolute Gasteiger partial charge is 0.222 e. The van der Waals surface area contributed by atoms with Crippen molar-refractivity contribution in [1.29, 1.82) is 0 Å². The van der Waals surface area contributed by atoms with Gasteiger partial charge in [0.15, 0.2) is 0 Å². The molecule has 0 aliphatic heterocycles. The summed E-state index contributed by atoms with van der Waals surface area (Å²) >= 11 is 0. The Bertz CT molecular complexity index is 661. The molecule has 0 aliphatic carbocycles. The number of amides is 1. The highest BCUT2D eigenvalue weighted by molar-refractivity contribution is 5.77. The van der Waals surface area contributed by atoms with E-state index in [1.54, 1.807) is 0 Å². The van der Waals surface area contributed by atoms with Gasteiger partial charge in [-0.05, 0) is 18.1 Å². The van der Waals surface area contributed by atoms with E-state index in [0.717, 1.165) is 11.6 Å². The minimum Gasteiger partial charge on any atom is -0.349 e. The average Bonchev–Trinajstić information content (AvgIpc) is 2.54. The van der Waals surface area contributed by atoms with Crippen molar-refractivity contribution in [2.24, 2.45) is 5.73 Å². The second-order valence-corrected chi connectivity index (χ2v) is 5.42. The lowest BCUT2D eigenvalue weighted by Crippen LogP contribution is -2.31. The van der Waals surface area contributed by atoms with Gasteiger partial charge in [0, 0.05) is 24.1 Å². The van der Waals surface area contributed by atoms with Crippen LogP contribution in [0.2, 0.25) is 0 Å². The van der Waals surface area contributed by atoms with Crippen molar-refractivity contribution in [2.45, 2.75) is 31.8 Å². The molecule has 1 amide bonds. The first kappa shape index (κ1) is 17.1. The van der Waals surface area contributed by atoms with Gasteiger partial charge in [-0.1, -0.05) is 43.3 Å². The van der Waals surface area contributed by atoms with Crippen molar-refractivity contribution < 1.29 is 13.6 Å². The van der Waals surface area contributed by atoms with Crippen LogP contribution in [0, 0.1) is 11.6 Å². The third kappa shape index (κ3) is 4.60. The van der Waals surface area contributed by atoms with Crippen LogP contribution in [-0.4, -0.2) is 5.91 Å². The van der Waals surface area contributed by atoms with Gasteiger partial charge in [0.1, 0.15) is 11.6 Å². The Balaban J connectivity index is 2.02. The van der Waals surface area contributed by atoms with Gasteiger partial charge in [0.25, 0.3) is 0 Å². The summed E-state index contributed by atoms with van der Waals surface area (Å²) in [5, 5.41) is 2.76. The number of carbonyl (C=O) groups is 1. The van der Waals surface area contributed by atoms with Crippen LogP contribution in [0.3, 0.4) is 0 Å². The Labute approximate surface area is 134 Å². The molecule has 3 nitrogen and oxygen atoms in total. The predicted molar refractivity (Wildman–Crippen MR) is 85.5 cm³/mol. The number of benzene rings is 2. The number of carbonyl (C=O) groups excluding carboxylic acids is 1. The molecule has 2 rings (SSSR count). The van der Waals surface area contributed by atoms with Crippen LogP contribution < -0.4 is 11.1 Å². The molecule has 2 unspecified atom stereocenters. The highest BCUT2D eigenvalue weighted by atomic mass is 19.1. The molecule has 5 heteroatoms. The number of nitrogens with two attached hydrogens (primary N) is 1. The highest BCUT2D eigenvalue weighted by Gasteiger charge is 2.19. The van der Waals surface area contributed by atoms with Crippen LogP contribution in [0.5, 0.6) is 0 Å². The van der Waals surface area contributed by atoms with Crippen LogP contribution in [-0.2, 0) is 4.79 Å². The summed E-state index contributed by atoms with van der Waals surface area (Å²) in [5.41, 5.74) is 7.16. The van der Waals surface area contributed by atoms with Gasteiger partial charge in [-0.2, -0.15) is 0 Å². The van der Waals surface area contributed by atoms with Crippen LogP contribution in [0.15, 0.2) is 48.5 Å². The second kappa shape index (κ2) is 7.83. The molecule has 0 fully saturated rings. The summed E-state index contributed by atoms with van der Waals surface area (Å²) in [7, 11) is 0. The van der Waals surface area contributed by atoms with E-state index in [4.69, 9.17) is 5.73 Å². The lowest BCUT2D eigenvalue weighted by atomic mass is 10.0. The van der Waals surface area contributed by atoms with Crippen LogP contribution in [0.25, 0.3) is 0 Å². The van der Waals surface area contributed by atoms with Gasteiger partial charge in [-0.25, -0.2) is 8.78 Å². The summed E-state index contributed by atoms with van der Waals surface area (Å²) in [6.07, 6.45) is 0.595. The van der Waals surface area contributed by atoms with Gasteiger partial charge >= 0.3 is 0 Å². The fourth-order valence-corrected chi connectivity index (χ4v) is 2.45. The van der Waals surface area contributed by atoms with Crippen LogP contribution in [0.4, 0.5) is 8.78 Å². The van der Waals surface area contributed by atoms with E-state index in [0.29, 0.717) is 6.42 Å². The van der Waals surface area contributed by atoms with Crippen LogP contribution in [0.1, 0.15) is 43.0 Å². The maximum atomic E-state index is 13.8. The molecule has 0 radical (unpaired) electrons. The molecule has 122 valence electrons. The van der Waals surface area contributed by atoms with E-state index < -0.39 is 23.7 Å². The number of rotatable bonds is 6. The third-order valence-corrected chi connectivity index (χ3v) is 3.71. The van der Waals surface area contributed by atoms with E-state index >= 15 is 0 Å². The molecule has 0 heterocycles. The van der Waals surface area contributed by atoms with Crippen LogP contribution >= 0.6 is 0 Å². The largest absolute Gasteiger partial charge is 0.349 e. The fraction of sp³-hybridized carbons (Fsp3) is 0.278. The minimum absolute atomic E-state index is 0.101. The molecule has 0 bridgehead atoms. The van der Waals surface area contributed by atoms with E-state index in [9.17, 15) is 13.6 Å². The Morgan fingerprint density at radius 2 is 1.87 bits per heavy atom. The Morgan fingerprint density at radius 1 is 1.17 bits per heavy atom. The predicted octanol–water partition coefficient (Wildman–Crippen LogP) is 3.62. The summed E-state index contributed by atoms with van der Waals surface area (Å²) < 4.78 is 26.8. The standard InChI is InChI=1S/C18H20F2N2O/c1-2-17(14-9-8-13(19)10-15(14)20)22-18(23)11-16(21)12-6-4-3-5-7-12/h3-10,16-17H,2,11,21H2,1H3,(H,22,23). The van der Waals surface area contributed by atoms with Crippen molar-refractivity contribution in [2.75, 3.05) is 0 Å². The lowest BCUT2D eigenvalue weighted by molar-refractivity contribution is -0.122. The summed E-state index contributed by atoms with van der Waals surface area (Å²) in [6, 6.07) is 11.7. The molecule has 2 atom stereocenters. The SMILES string of the molecule is CCC(NC(=O)CC(N)c1ccccc1)c1ccc(F)cc1F. The maximum absolute atomic E-state index is 13.8.